The lowest BCUT2D eigenvalue weighted by atomic mass is 10.3. The fourth-order valence-corrected chi connectivity index (χ4v) is 0.748. The SMILES string of the molecule is CCOc1ccccc1[NH]. The summed E-state index contributed by atoms with van der Waals surface area (Å²) in [5.74, 6) is 0.657. The van der Waals surface area contributed by atoms with E-state index in [2.05, 4.69) is 0 Å². The van der Waals surface area contributed by atoms with Gasteiger partial charge in [-0.15, -0.1) is 0 Å². The summed E-state index contributed by atoms with van der Waals surface area (Å²) in [5.41, 5.74) is 7.80. The van der Waals surface area contributed by atoms with E-state index in [0.29, 0.717) is 18.0 Å². The number of para-hydroxylation sites is 1. The summed E-state index contributed by atoms with van der Waals surface area (Å²) in [6, 6.07) is 7.20. The Kier molecular flexibility index (Phi) is 2.15. The molecule has 0 fully saturated rings. The topological polar surface area (TPSA) is 33.0 Å². The number of hydrogen-bond acceptors (Lipinski definition) is 1. The Labute approximate surface area is 60.6 Å². The highest BCUT2D eigenvalue weighted by molar-refractivity contribution is 5.48. The van der Waals surface area contributed by atoms with E-state index in [1.165, 1.54) is 0 Å². The number of nitrogens with one attached hydrogen (secondary N) is 1. The predicted molar refractivity (Wildman–Crippen MR) is 40.4 cm³/mol. The quantitative estimate of drug-likeness (QED) is 0.612. The van der Waals surface area contributed by atoms with Gasteiger partial charge in [0.15, 0.2) is 0 Å². The molecule has 0 saturated carbocycles. The Morgan fingerprint density at radius 3 is 2.70 bits per heavy atom. The number of hydrogen-bond donors (Lipinski definition) is 0. The minimum Gasteiger partial charge on any atom is -0.492 e. The van der Waals surface area contributed by atoms with Gasteiger partial charge in [-0.05, 0) is 19.1 Å². The minimum absolute atomic E-state index is 0.448. The molecule has 10 heavy (non-hydrogen) atoms. The molecule has 1 aromatic rings. The van der Waals surface area contributed by atoms with Gasteiger partial charge in [0.25, 0.3) is 0 Å². The van der Waals surface area contributed by atoms with Crippen LogP contribution >= 0.6 is 0 Å². The molecule has 0 aliphatic heterocycles. The fourth-order valence-electron chi connectivity index (χ4n) is 0.748. The Morgan fingerprint density at radius 1 is 1.40 bits per heavy atom. The molecule has 1 radical (unpaired) electrons. The van der Waals surface area contributed by atoms with Crippen molar-refractivity contribution in [2.45, 2.75) is 6.92 Å². The second-order valence-electron chi connectivity index (χ2n) is 1.93. The number of rotatable bonds is 2. The first kappa shape index (κ1) is 6.93. The molecule has 1 N–H and O–H groups in total. The molecule has 0 atom stereocenters. The first-order valence-electron chi connectivity index (χ1n) is 3.28. The van der Waals surface area contributed by atoms with Gasteiger partial charge in [0, 0.05) is 0 Å². The van der Waals surface area contributed by atoms with Crippen LogP contribution in [-0.2, 0) is 0 Å². The van der Waals surface area contributed by atoms with Gasteiger partial charge >= 0.3 is 0 Å². The number of ether oxygens (including phenoxy) is 1. The van der Waals surface area contributed by atoms with Crippen LogP contribution in [0.15, 0.2) is 24.3 Å². The van der Waals surface area contributed by atoms with Crippen molar-refractivity contribution in [1.29, 1.82) is 0 Å². The minimum atomic E-state index is 0.448. The van der Waals surface area contributed by atoms with Gasteiger partial charge < -0.3 is 4.74 Å². The highest BCUT2D eigenvalue weighted by Crippen LogP contribution is 2.20. The molecular weight excluding hydrogens is 126 g/mol. The Hall–Kier alpha value is -1.18. The average Bonchev–Trinajstić information content (AvgIpc) is 1.94. The molecule has 0 bridgehead atoms. The molecule has 0 aliphatic rings. The smallest absolute Gasteiger partial charge is 0.144 e. The molecule has 1 aromatic carbocycles. The lowest BCUT2D eigenvalue weighted by Gasteiger charge is -2.03. The van der Waals surface area contributed by atoms with Crippen LogP contribution in [0.25, 0.3) is 0 Å². The molecule has 0 heterocycles. The Morgan fingerprint density at radius 2 is 2.10 bits per heavy atom. The monoisotopic (exact) mass is 136 g/mol. The normalized spacial score (nSPS) is 9.30. The predicted octanol–water partition coefficient (Wildman–Crippen LogP) is 2.00. The molecular formula is C8H10NO. The van der Waals surface area contributed by atoms with Gasteiger partial charge in [0.05, 0.1) is 12.3 Å². The lowest BCUT2D eigenvalue weighted by molar-refractivity contribution is 0.341. The summed E-state index contributed by atoms with van der Waals surface area (Å²) in [7, 11) is 0. The molecule has 1 rings (SSSR count). The van der Waals surface area contributed by atoms with Crippen LogP contribution in [0.5, 0.6) is 5.75 Å². The van der Waals surface area contributed by atoms with E-state index >= 15 is 0 Å². The third kappa shape index (κ3) is 1.41. The summed E-state index contributed by atoms with van der Waals surface area (Å²) in [5, 5.41) is 0. The fraction of sp³-hybridized carbons (Fsp3) is 0.250. The van der Waals surface area contributed by atoms with Crippen LogP contribution < -0.4 is 10.5 Å². The maximum absolute atomic E-state index is 7.35. The third-order valence-corrected chi connectivity index (χ3v) is 1.19. The molecule has 53 valence electrons. The van der Waals surface area contributed by atoms with Crippen molar-refractivity contribution in [1.82, 2.24) is 5.73 Å². The summed E-state index contributed by atoms with van der Waals surface area (Å²) in [6.45, 7) is 2.53. The summed E-state index contributed by atoms with van der Waals surface area (Å²) in [4.78, 5) is 0. The second kappa shape index (κ2) is 3.11. The highest BCUT2D eigenvalue weighted by Gasteiger charge is 1.94. The van der Waals surface area contributed by atoms with Gasteiger partial charge in [-0.2, -0.15) is 0 Å². The first-order chi connectivity index (χ1) is 4.84. The Balaban J connectivity index is 2.81. The summed E-state index contributed by atoms with van der Waals surface area (Å²) < 4.78 is 5.15. The van der Waals surface area contributed by atoms with Crippen molar-refractivity contribution in [2.75, 3.05) is 6.61 Å². The van der Waals surface area contributed by atoms with Crippen LogP contribution in [0.2, 0.25) is 0 Å². The molecule has 0 spiro atoms. The van der Waals surface area contributed by atoms with Crippen LogP contribution in [-0.4, -0.2) is 6.61 Å². The first-order valence-corrected chi connectivity index (χ1v) is 3.28. The second-order valence-corrected chi connectivity index (χ2v) is 1.93. The van der Waals surface area contributed by atoms with Crippen molar-refractivity contribution in [3.63, 3.8) is 0 Å². The van der Waals surface area contributed by atoms with Crippen molar-refractivity contribution in [2.24, 2.45) is 0 Å². The van der Waals surface area contributed by atoms with Gasteiger partial charge in [-0.25, -0.2) is 0 Å². The number of benzene rings is 1. The maximum atomic E-state index is 7.35. The zero-order valence-corrected chi connectivity index (χ0v) is 5.92. The maximum Gasteiger partial charge on any atom is 0.144 e. The van der Waals surface area contributed by atoms with Gasteiger partial charge in [-0.1, -0.05) is 12.1 Å². The molecule has 2 heteroatoms. The largest absolute Gasteiger partial charge is 0.492 e. The van der Waals surface area contributed by atoms with Gasteiger partial charge in [0.1, 0.15) is 5.75 Å². The zero-order chi connectivity index (χ0) is 7.40. The molecule has 0 aliphatic carbocycles. The van der Waals surface area contributed by atoms with Crippen molar-refractivity contribution in [3.05, 3.63) is 24.3 Å². The van der Waals surface area contributed by atoms with E-state index in [4.69, 9.17) is 10.5 Å². The standard InChI is InChI=1S/C8H10NO/c1-2-10-8-6-4-3-5-7(8)9/h3-6,9H,2H2,1H3. The van der Waals surface area contributed by atoms with Crippen LogP contribution in [0.4, 0.5) is 5.69 Å². The summed E-state index contributed by atoms with van der Waals surface area (Å²) >= 11 is 0. The molecule has 0 amide bonds. The zero-order valence-electron chi connectivity index (χ0n) is 5.92. The molecule has 0 unspecified atom stereocenters. The van der Waals surface area contributed by atoms with Crippen molar-refractivity contribution >= 4 is 5.69 Å². The van der Waals surface area contributed by atoms with E-state index in [0.717, 1.165) is 0 Å². The third-order valence-electron chi connectivity index (χ3n) is 1.19. The van der Waals surface area contributed by atoms with E-state index in [-0.39, 0.29) is 0 Å². The average molecular weight is 136 g/mol. The van der Waals surface area contributed by atoms with E-state index < -0.39 is 0 Å². The van der Waals surface area contributed by atoms with Gasteiger partial charge in [-0.3, -0.25) is 5.73 Å². The van der Waals surface area contributed by atoms with Crippen molar-refractivity contribution < 1.29 is 4.74 Å². The van der Waals surface area contributed by atoms with Crippen LogP contribution in [0.3, 0.4) is 0 Å². The van der Waals surface area contributed by atoms with Gasteiger partial charge in [0.2, 0.25) is 0 Å². The molecule has 2 nitrogen and oxygen atoms in total. The lowest BCUT2D eigenvalue weighted by Crippen LogP contribution is -1.91. The highest BCUT2D eigenvalue weighted by atomic mass is 16.5. The van der Waals surface area contributed by atoms with E-state index in [9.17, 15) is 0 Å². The van der Waals surface area contributed by atoms with E-state index in [1.54, 1.807) is 12.1 Å². The Bertz CT molecular complexity index is 210. The molecule has 0 aromatic heterocycles. The summed E-state index contributed by atoms with van der Waals surface area (Å²) in [6.07, 6.45) is 0. The van der Waals surface area contributed by atoms with Crippen LogP contribution in [0, 0.1) is 0 Å². The van der Waals surface area contributed by atoms with E-state index in [1.807, 2.05) is 19.1 Å². The van der Waals surface area contributed by atoms with Crippen molar-refractivity contribution in [3.8, 4) is 5.75 Å². The molecule has 0 saturated heterocycles. The van der Waals surface area contributed by atoms with Crippen LogP contribution in [0.1, 0.15) is 6.92 Å².